The molecule has 1 fully saturated rings. The molecular formula is C13H19ClFN3O. The van der Waals surface area contributed by atoms with Crippen molar-refractivity contribution in [3.05, 3.63) is 16.9 Å². The van der Waals surface area contributed by atoms with E-state index in [2.05, 4.69) is 0 Å². The minimum atomic E-state index is -0.552. The average Bonchev–Trinajstić information content (AvgIpc) is 2.37. The summed E-state index contributed by atoms with van der Waals surface area (Å²) in [6, 6.07) is 1.50. The Labute approximate surface area is 117 Å². The summed E-state index contributed by atoms with van der Waals surface area (Å²) in [7, 11) is 0. The minimum absolute atomic E-state index is 0.0755. The van der Waals surface area contributed by atoms with Crippen LogP contribution in [0.15, 0.2) is 6.07 Å². The van der Waals surface area contributed by atoms with Gasteiger partial charge in [0.05, 0.1) is 17.1 Å². The first-order valence-electron chi connectivity index (χ1n) is 6.43. The molecule has 1 heterocycles. The van der Waals surface area contributed by atoms with Gasteiger partial charge in [0.1, 0.15) is 5.02 Å². The minimum Gasteiger partial charge on any atom is -0.397 e. The molecule has 2 rings (SSSR count). The lowest BCUT2D eigenvalue weighted by molar-refractivity contribution is 0.244. The molecule has 0 radical (unpaired) electrons. The third kappa shape index (κ3) is 2.87. The van der Waals surface area contributed by atoms with Crippen LogP contribution in [0.4, 0.5) is 21.5 Å². The predicted octanol–water partition coefficient (Wildman–Crippen LogP) is 2.24. The molecule has 1 unspecified atom stereocenters. The van der Waals surface area contributed by atoms with Crippen LogP contribution in [0.3, 0.4) is 0 Å². The number of piperidine rings is 1. The number of halogens is 2. The van der Waals surface area contributed by atoms with Crippen molar-refractivity contribution in [1.29, 1.82) is 0 Å². The quantitative estimate of drug-likeness (QED) is 0.745. The molecule has 0 amide bonds. The largest absolute Gasteiger partial charge is 0.397 e. The number of aliphatic hydroxyl groups is 1. The first-order valence-corrected chi connectivity index (χ1v) is 6.81. The van der Waals surface area contributed by atoms with Crippen LogP contribution in [-0.4, -0.2) is 24.8 Å². The molecule has 5 N–H and O–H groups in total. The van der Waals surface area contributed by atoms with Gasteiger partial charge in [-0.15, -0.1) is 0 Å². The maximum Gasteiger partial charge on any atom is 0.169 e. The van der Waals surface area contributed by atoms with Gasteiger partial charge in [-0.05, 0) is 31.2 Å². The first-order chi connectivity index (χ1) is 9.04. The second-order valence-corrected chi connectivity index (χ2v) is 5.38. The number of nitrogens with zero attached hydrogens (tertiary/aromatic N) is 1. The Bertz CT molecular complexity index is 468. The standard InChI is InChI=1S/C13H19ClFN3O/c14-11-9(16)6-10(17)13(12(11)15)18-4-1-2-8(7-18)3-5-19/h6,8,19H,1-5,7,16-17H2. The van der Waals surface area contributed by atoms with Gasteiger partial charge in [0.15, 0.2) is 5.82 Å². The summed E-state index contributed by atoms with van der Waals surface area (Å²) in [4.78, 5) is 1.90. The van der Waals surface area contributed by atoms with Crippen LogP contribution in [-0.2, 0) is 0 Å². The molecule has 1 aromatic rings. The highest BCUT2D eigenvalue weighted by Crippen LogP contribution is 2.38. The van der Waals surface area contributed by atoms with Crippen LogP contribution in [0.2, 0.25) is 5.02 Å². The Balaban J connectivity index is 2.28. The Morgan fingerprint density at radius 3 is 2.84 bits per heavy atom. The zero-order valence-electron chi connectivity index (χ0n) is 10.7. The third-order valence-electron chi connectivity index (χ3n) is 3.61. The van der Waals surface area contributed by atoms with Gasteiger partial charge in [-0.25, -0.2) is 4.39 Å². The molecule has 1 aromatic carbocycles. The van der Waals surface area contributed by atoms with Crippen molar-refractivity contribution in [2.75, 3.05) is 36.1 Å². The van der Waals surface area contributed by atoms with E-state index in [1.54, 1.807) is 0 Å². The number of hydrogen-bond acceptors (Lipinski definition) is 4. The van der Waals surface area contributed by atoms with Crippen molar-refractivity contribution >= 4 is 28.7 Å². The highest BCUT2D eigenvalue weighted by molar-refractivity contribution is 6.33. The van der Waals surface area contributed by atoms with Gasteiger partial charge in [0, 0.05) is 19.7 Å². The van der Waals surface area contributed by atoms with Crippen molar-refractivity contribution < 1.29 is 9.50 Å². The van der Waals surface area contributed by atoms with Crippen LogP contribution in [0.1, 0.15) is 19.3 Å². The van der Waals surface area contributed by atoms with Crippen molar-refractivity contribution in [3.8, 4) is 0 Å². The second-order valence-electron chi connectivity index (χ2n) is 5.00. The number of hydrogen-bond donors (Lipinski definition) is 3. The molecule has 1 aliphatic heterocycles. The fourth-order valence-electron chi connectivity index (χ4n) is 2.66. The van der Waals surface area contributed by atoms with Crippen LogP contribution >= 0.6 is 11.6 Å². The van der Waals surface area contributed by atoms with Gasteiger partial charge in [-0.3, -0.25) is 0 Å². The fraction of sp³-hybridized carbons (Fsp3) is 0.538. The Morgan fingerprint density at radius 2 is 2.16 bits per heavy atom. The molecule has 1 aliphatic rings. The monoisotopic (exact) mass is 287 g/mol. The van der Waals surface area contributed by atoms with Gasteiger partial charge in [0.2, 0.25) is 0 Å². The molecule has 1 saturated heterocycles. The van der Waals surface area contributed by atoms with E-state index >= 15 is 0 Å². The van der Waals surface area contributed by atoms with Crippen molar-refractivity contribution in [2.45, 2.75) is 19.3 Å². The molecule has 106 valence electrons. The summed E-state index contributed by atoms with van der Waals surface area (Å²) in [5.41, 5.74) is 12.3. The number of nitrogen functional groups attached to an aromatic ring is 2. The topological polar surface area (TPSA) is 75.5 Å². The lowest BCUT2D eigenvalue weighted by atomic mass is 9.94. The summed E-state index contributed by atoms with van der Waals surface area (Å²) in [5.74, 6) is -0.197. The van der Waals surface area contributed by atoms with E-state index in [0.29, 0.717) is 23.8 Å². The summed E-state index contributed by atoms with van der Waals surface area (Å²) in [6.07, 6.45) is 2.72. The number of benzene rings is 1. The van der Waals surface area contributed by atoms with E-state index in [1.807, 2.05) is 4.90 Å². The fourth-order valence-corrected chi connectivity index (χ4v) is 2.81. The van der Waals surface area contributed by atoms with E-state index in [0.717, 1.165) is 25.8 Å². The summed E-state index contributed by atoms with van der Waals surface area (Å²) in [5, 5.41) is 8.93. The zero-order valence-corrected chi connectivity index (χ0v) is 11.5. The molecule has 6 heteroatoms. The number of rotatable bonds is 3. The maximum atomic E-state index is 14.2. The van der Waals surface area contributed by atoms with Gasteiger partial charge in [-0.2, -0.15) is 0 Å². The number of nitrogens with two attached hydrogens (primary N) is 2. The van der Waals surface area contributed by atoms with Crippen LogP contribution in [0.5, 0.6) is 0 Å². The number of anilines is 3. The van der Waals surface area contributed by atoms with Crippen molar-refractivity contribution in [1.82, 2.24) is 0 Å². The molecule has 19 heavy (non-hydrogen) atoms. The molecule has 0 aliphatic carbocycles. The van der Waals surface area contributed by atoms with Crippen LogP contribution in [0.25, 0.3) is 0 Å². The Kier molecular flexibility index (Phi) is 4.37. The van der Waals surface area contributed by atoms with Crippen molar-refractivity contribution in [3.63, 3.8) is 0 Å². The Hall–Kier alpha value is -1.20. The van der Waals surface area contributed by atoms with Crippen LogP contribution in [0, 0.1) is 11.7 Å². The highest BCUT2D eigenvalue weighted by atomic mass is 35.5. The number of aliphatic hydroxyl groups excluding tert-OH is 1. The zero-order chi connectivity index (χ0) is 14.0. The smallest absolute Gasteiger partial charge is 0.169 e. The Morgan fingerprint density at radius 1 is 1.42 bits per heavy atom. The van der Waals surface area contributed by atoms with E-state index < -0.39 is 5.82 Å². The third-order valence-corrected chi connectivity index (χ3v) is 4.00. The van der Waals surface area contributed by atoms with Crippen molar-refractivity contribution in [2.24, 2.45) is 5.92 Å². The first kappa shape index (κ1) is 14.2. The lowest BCUT2D eigenvalue weighted by Gasteiger charge is -2.35. The van der Waals surface area contributed by atoms with Gasteiger partial charge in [-0.1, -0.05) is 11.6 Å². The maximum absolute atomic E-state index is 14.2. The van der Waals surface area contributed by atoms with E-state index in [1.165, 1.54) is 6.07 Å². The van der Waals surface area contributed by atoms with E-state index in [9.17, 15) is 4.39 Å². The summed E-state index contributed by atoms with van der Waals surface area (Å²) < 4.78 is 14.2. The molecule has 0 saturated carbocycles. The lowest BCUT2D eigenvalue weighted by Crippen LogP contribution is -2.36. The molecule has 0 spiro atoms. The summed E-state index contributed by atoms with van der Waals surface area (Å²) in [6.45, 7) is 1.57. The summed E-state index contributed by atoms with van der Waals surface area (Å²) >= 11 is 5.85. The molecule has 0 aromatic heterocycles. The highest BCUT2D eigenvalue weighted by Gasteiger charge is 2.25. The van der Waals surface area contributed by atoms with Gasteiger partial charge in [0.25, 0.3) is 0 Å². The molecule has 4 nitrogen and oxygen atoms in total. The van der Waals surface area contributed by atoms with Gasteiger partial charge >= 0.3 is 0 Å². The van der Waals surface area contributed by atoms with E-state index in [-0.39, 0.29) is 17.3 Å². The predicted molar refractivity (Wildman–Crippen MR) is 76.9 cm³/mol. The average molecular weight is 288 g/mol. The SMILES string of the molecule is Nc1cc(N)c(N2CCCC(CCO)C2)c(F)c1Cl. The van der Waals surface area contributed by atoms with E-state index in [4.69, 9.17) is 28.2 Å². The normalized spacial score (nSPS) is 19.7. The van der Waals surface area contributed by atoms with Gasteiger partial charge < -0.3 is 21.5 Å². The molecular weight excluding hydrogens is 269 g/mol. The van der Waals surface area contributed by atoms with Crippen LogP contribution < -0.4 is 16.4 Å². The molecule has 1 atom stereocenters. The molecule has 0 bridgehead atoms. The second kappa shape index (κ2) is 5.84.